The highest BCUT2D eigenvalue weighted by molar-refractivity contribution is 9.10. The van der Waals surface area contributed by atoms with Gasteiger partial charge in [-0.25, -0.2) is 9.78 Å². The third-order valence-corrected chi connectivity index (χ3v) is 4.03. The number of carbonyl (C=O) groups is 1. The zero-order valence-corrected chi connectivity index (χ0v) is 16.4. The predicted molar refractivity (Wildman–Crippen MR) is 100 cm³/mol. The summed E-state index contributed by atoms with van der Waals surface area (Å²) in [6, 6.07) is 6.16. The Morgan fingerprint density at radius 1 is 1.38 bits per heavy atom. The molecule has 0 aliphatic rings. The van der Waals surface area contributed by atoms with E-state index in [0.29, 0.717) is 13.0 Å². The van der Waals surface area contributed by atoms with Gasteiger partial charge in [0.15, 0.2) is 0 Å². The summed E-state index contributed by atoms with van der Waals surface area (Å²) in [5, 5.41) is 2.80. The number of alkyl carbamates (subject to hydrolysis) is 1. The van der Waals surface area contributed by atoms with E-state index in [9.17, 15) is 4.79 Å². The molecule has 2 rings (SSSR count). The molecule has 0 atom stereocenters. The van der Waals surface area contributed by atoms with Gasteiger partial charge in [-0.1, -0.05) is 29.3 Å². The zero-order valence-electron chi connectivity index (χ0n) is 14.9. The summed E-state index contributed by atoms with van der Waals surface area (Å²) in [5.74, 6) is 0.993. The molecular weight excluding hydrogens is 370 g/mol. The van der Waals surface area contributed by atoms with Crippen LogP contribution in [0.25, 0.3) is 11.0 Å². The maximum atomic E-state index is 11.8. The smallest absolute Gasteiger partial charge is 0.407 e. The highest BCUT2D eigenvalue weighted by Gasteiger charge is 2.16. The lowest BCUT2D eigenvalue weighted by Crippen LogP contribution is -2.33. The minimum Gasteiger partial charge on any atom is -0.444 e. The van der Waals surface area contributed by atoms with E-state index in [-0.39, 0.29) is 6.09 Å². The van der Waals surface area contributed by atoms with E-state index in [0.717, 1.165) is 40.7 Å². The van der Waals surface area contributed by atoms with Crippen molar-refractivity contribution in [2.75, 3.05) is 6.54 Å². The van der Waals surface area contributed by atoms with E-state index < -0.39 is 5.60 Å². The number of amides is 1. The maximum Gasteiger partial charge on any atom is 0.407 e. The Balaban J connectivity index is 2.08. The number of fused-ring (bicyclic) bond motifs is 1. The van der Waals surface area contributed by atoms with Crippen molar-refractivity contribution in [2.45, 2.75) is 59.1 Å². The third-order valence-electron chi connectivity index (χ3n) is 3.54. The topological polar surface area (TPSA) is 56.2 Å². The van der Waals surface area contributed by atoms with Gasteiger partial charge in [-0.05, 0) is 45.4 Å². The predicted octanol–water partition coefficient (Wildman–Crippen LogP) is 4.67. The van der Waals surface area contributed by atoms with Gasteiger partial charge in [0, 0.05) is 24.0 Å². The molecular formula is C18H26BrN3O2. The van der Waals surface area contributed by atoms with Crippen molar-refractivity contribution in [3.8, 4) is 0 Å². The first-order chi connectivity index (χ1) is 11.3. The van der Waals surface area contributed by atoms with Gasteiger partial charge in [-0.2, -0.15) is 0 Å². The van der Waals surface area contributed by atoms with Crippen LogP contribution in [0, 0.1) is 0 Å². The van der Waals surface area contributed by atoms with Crippen molar-refractivity contribution >= 4 is 33.1 Å². The molecule has 2 aromatic rings. The molecule has 0 unspecified atom stereocenters. The van der Waals surface area contributed by atoms with Crippen LogP contribution in [0.3, 0.4) is 0 Å². The second-order valence-electron chi connectivity index (χ2n) is 6.84. The van der Waals surface area contributed by atoms with E-state index in [4.69, 9.17) is 9.72 Å². The SMILES string of the molecule is CCCCn1c(CCNC(=O)OC(C)(C)C)nc2cc(Br)ccc21. The number of imidazole rings is 1. The molecule has 5 nitrogen and oxygen atoms in total. The fourth-order valence-electron chi connectivity index (χ4n) is 2.50. The highest BCUT2D eigenvalue weighted by atomic mass is 79.9. The Kier molecular flexibility index (Phi) is 6.27. The third kappa shape index (κ3) is 5.23. The van der Waals surface area contributed by atoms with Gasteiger partial charge in [-0.15, -0.1) is 0 Å². The second kappa shape index (κ2) is 8.01. The van der Waals surface area contributed by atoms with Crippen molar-refractivity contribution in [3.05, 3.63) is 28.5 Å². The minimum absolute atomic E-state index is 0.388. The van der Waals surface area contributed by atoms with Crippen molar-refractivity contribution in [3.63, 3.8) is 0 Å². The molecule has 0 bridgehead atoms. The maximum absolute atomic E-state index is 11.8. The second-order valence-corrected chi connectivity index (χ2v) is 7.76. The van der Waals surface area contributed by atoms with Crippen LogP contribution in [-0.4, -0.2) is 27.8 Å². The van der Waals surface area contributed by atoms with Crippen molar-refractivity contribution in [2.24, 2.45) is 0 Å². The number of halogens is 1. The number of aromatic nitrogens is 2. The molecule has 0 aliphatic carbocycles. The van der Waals surface area contributed by atoms with Gasteiger partial charge in [-0.3, -0.25) is 0 Å². The van der Waals surface area contributed by atoms with Crippen LogP contribution in [0.5, 0.6) is 0 Å². The summed E-state index contributed by atoms with van der Waals surface area (Å²) < 4.78 is 8.54. The lowest BCUT2D eigenvalue weighted by Gasteiger charge is -2.19. The summed E-state index contributed by atoms with van der Waals surface area (Å²) in [5.41, 5.74) is 1.64. The summed E-state index contributed by atoms with van der Waals surface area (Å²) in [7, 11) is 0. The van der Waals surface area contributed by atoms with Crippen LogP contribution in [0.4, 0.5) is 4.79 Å². The first-order valence-electron chi connectivity index (χ1n) is 8.41. The molecule has 1 aromatic carbocycles. The van der Waals surface area contributed by atoms with Crippen LogP contribution in [0.15, 0.2) is 22.7 Å². The first-order valence-corrected chi connectivity index (χ1v) is 9.21. The summed E-state index contributed by atoms with van der Waals surface area (Å²) in [6.07, 6.45) is 2.52. The van der Waals surface area contributed by atoms with E-state index in [1.807, 2.05) is 32.9 Å². The van der Waals surface area contributed by atoms with Gasteiger partial charge in [0.2, 0.25) is 0 Å². The number of hydrogen-bond acceptors (Lipinski definition) is 3. The van der Waals surface area contributed by atoms with Crippen molar-refractivity contribution < 1.29 is 9.53 Å². The largest absolute Gasteiger partial charge is 0.444 e. The fraction of sp³-hybridized carbons (Fsp3) is 0.556. The lowest BCUT2D eigenvalue weighted by molar-refractivity contribution is 0.0528. The average Bonchev–Trinajstić information content (AvgIpc) is 2.79. The van der Waals surface area contributed by atoms with Gasteiger partial charge in [0.1, 0.15) is 11.4 Å². The lowest BCUT2D eigenvalue weighted by atomic mass is 10.2. The molecule has 1 amide bonds. The van der Waals surface area contributed by atoms with Crippen molar-refractivity contribution in [1.29, 1.82) is 0 Å². The van der Waals surface area contributed by atoms with Gasteiger partial charge in [0.25, 0.3) is 0 Å². The molecule has 0 radical (unpaired) electrons. The van der Waals surface area contributed by atoms with Crippen LogP contribution in [-0.2, 0) is 17.7 Å². The Hall–Kier alpha value is -1.56. The van der Waals surface area contributed by atoms with Crippen LogP contribution in [0.2, 0.25) is 0 Å². The molecule has 132 valence electrons. The minimum atomic E-state index is -0.482. The quantitative estimate of drug-likeness (QED) is 0.772. The molecule has 0 spiro atoms. The molecule has 1 heterocycles. The summed E-state index contributed by atoms with van der Waals surface area (Å²) in [4.78, 5) is 16.5. The zero-order chi connectivity index (χ0) is 17.7. The number of nitrogens with one attached hydrogen (secondary N) is 1. The molecule has 0 saturated carbocycles. The molecule has 0 aliphatic heterocycles. The van der Waals surface area contributed by atoms with Gasteiger partial charge in [0.05, 0.1) is 11.0 Å². The van der Waals surface area contributed by atoms with Crippen molar-refractivity contribution in [1.82, 2.24) is 14.9 Å². The summed E-state index contributed by atoms with van der Waals surface area (Å²) in [6.45, 7) is 9.19. The standard InChI is InChI=1S/C18H26BrN3O2/c1-5-6-11-22-15-8-7-13(19)12-14(15)21-16(22)9-10-20-17(23)24-18(2,3)4/h7-8,12H,5-6,9-11H2,1-4H3,(H,20,23). The number of unbranched alkanes of at least 4 members (excludes halogenated alkanes) is 1. The average molecular weight is 396 g/mol. The molecule has 1 N–H and O–H groups in total. The fourth-order valence-corrected chi connectivity index (χ4v) is 2.85. The van der Waals surface area contributed by atoms with E-state index in [2.05, 4.69) is 38.8 Å². The van der Waals surface area contributed by atoms with E-state index in [1.54, 1.807) is 0 Å². The van der Waals surface area contributed by atoms with Gasteiger partial charge < -0.3 is 14.6 Å². The number of benzene rings is 1. The molecule has 0 fully saturated rings. The monoisotopic (exact) mass is 395 g/mol. The number of carbonyl (C=O) groups excluding carboxylic acids is 1. The first kappa shape index (κ1) is 18.8. The normalized spacial score (nSPS) is 11.7. The highest BCUT2D eigenvalue weighted by Crippen LogP contribution is 2.22. The Bertz CT molecular complexity index is 704. The number of aryl methyl sites for hydroxylation is 1. The number of hydrogen-bond donors (Lipinski definition) is 1. The Morgan fingerprint density at radius 3 is 2.79 bits per heavy atom. The number of ether oxygens (including phenoxy) is 1. The summed E-state index contributed by atoms with van der Waals surface area (Å²) >= 11 is 3.50. The van der Waals surface area contributed by atoms with E-state index in [1.165, 1.54) is 0 Å². The Labute approximate surface area is 151 Å². The molecule has 6 heteroatoms. The molecule has 0 saturated heterocycles. The Morgan fingerprint density at radius 2 is 2.12 bits per heavy atom. The van der Waals surface area contributed by atoms with Gasteiger partial charge >= 0.3 is 6.09 Å². The molecule has 1 aromatic heterocycles. The number of nitrogens with zero attached hydrogens (tertiary/aromatic N) is 2. The molecule has 24 heavy (non-hydrogen) atoms. The van der Waals surface area contributed by atoms with Crippen LogP contribution in [0.1, 0.15) is 46.4 Å². The van der Waals surface area contributed by atoms with E-state index >= 15 is 0 Å². The number of rotatable bonds is 6. The van der Waals surface area contributed by atoms with Crippen LogP contribution >= 0.6 is 15.9 Å². The van der Waals surface area contributed by atoms with Crippen LogP contribution < -0.4 is 5.32 Å².